The summed E-state index contributed by atoms with van der Waals surface area (Å²) in [5.74, 6) is 0.138. The van der Waals surface area contributed by atoms with Gasteiger partial charge in [-0.25, -0.2) is 0 Å². The van der Waals surface area contributed by atoms with Crippen LogP contribution in [0.1, 0.15) is 26.5 Å². The van der Waals surface area contributed by atoms with Crippen molar-refractivity contribution in [2.75, 3.05) is 6.54 Å². The molecule has 0 fully saturated rings. The van der Waals surface area contributed by atoms with Gasteiger partial charge in [-0.15, -0.1) is 0 Å². The average molecular weight is 344 g/mol. The van der Waals surface area contributed by atoms with Crippen LogP contribution in [0.4, 0.5) is 0 Å². The van der Waals surface area contributed by atoms with Crippen LogP contribution >= 0.6 is 27.5 Å². The Morgan fingerprint density at radius 3 is 2.74 bits per heavy atom. The minimum Gasteiger partial charge on any atom is -0.505 e. The Bertz CT molecular complexity index is 641. The standard InChI is InChI=1S/C14H16BrClN2O/c1-14(2,3)7-17-6-10-13(19)11-9(18-10)5-4-8(15)12(11)16/h4-6,18-19H,7H2,1-3H3. The molecule has 2 aromatic rings. The van der Waals surface area contributed by atoms with Gasteiger partial charge in [0.15, 0.2) is 5.75 Å². The predicted molar refractivity (Wildman–Crippen MR) is 84.6 cm³/mol. The van der Waals surface area contributed by atoms with Gasteiger partial charge in [0.1, 0.15) is 0 Å². The van der Waals surface area contributed by atoms with Gasteiger partial charge in [-0.3, -0.25) is 4.99 Å². The van der Waals surface area contributed by atoms with Gasteiger partial charge >= 0.3 is 0 Å². The molecule has 0 amide bonds. The molecule has 0 saturated heterocycles. The number of aromatic hydroxyl groups is 1. The summed E-state index contributed by atoms with van der Waals surface area (Å²) in [6, 6.07) is 3.71. The van der Waals surface area contributed by atoms with E-state index in [2.05, 4.69) is 46.7 Å². The Kier molecular flexibility index (Phi) is 3.92. The third-order valence-corrected chi connectivity index (χ3v) is 3.92. The highest BCUT2D eigenvalue weighted by Gasteiger charge is 2.14. The number of nitrogens with zero attached hydrogens (tertiary/aromatic N) is 1. The molecule has 0 radical (unpaired) electrons. The normalized spacial score (nSPS) is 12.7. The molecule has 0 unspecified atom stereocenters. The van der Waals surface area contributed by atoms with Crippen LogP contribution in [-0.2, 0) is 0 Å². The minimum atomic E-state index is 0.124. The third-order valence-electron chi connectivity index (χ3n) is 2.64. The first-order chi connectivity index (χ1) is 8.79. The van der Waals surface area contributed by atoms with Crippen molar-refractivity contribution in [3.05, 3.63) is 27.3 Å². The second-order valence-electron chi connectivity index (χ2n) is 5.70. The molecule has 5 heteroatoms. The summed E-state index contributed by atoms with van der Waals surface area (Å²) in [6.45, 7) is 7.04. The van der Waals surface area contributed by atoms with Gasteiger partial charge in [0.25, 0.3) is 0 Å². The molecule has 2 N–H and O–H groups in total. The molecule has 0 atom stereocenters. The summed E-state index contributed by atoms with van der Waals surface area (Å²) in [7, 11) is 0. The fraction of sp³-hybridized carbons (Fsp3) is 0.357. The summed E-state index contributed by atoms with van der Waals surface area (Å²) >= 11 is 9.53. The first-order valence-electron chi connectivity index (χ1n) is 5.98. The minimum absolute atomic E-state index is 0.124. The molecular formula is C14H16BrClN2O. The number of rotatable bonds is 2. The number of aromatic nitrogens is 1. The third kappa shape index (κ3) is 3.12. The van der Waals surface area contributed by atoms with Crippen molar-refractivity contribution in [2.24, 2.45) is 10.4 Å². The predicted octanol–water partition coefficient (Wildman–Crippen LogP) is 4.75. The molecule has 0 spiro atoms. The molecule has 0 aliphatic carbocycles. The van der Waals surface area contributed by atoms with Gasteiger partial charge in [-0.1, -0.05) is 32.4 Å². The van der Waals surface area contributed by atoms with E-state index in [9.17, 15) is 5.11 Å². The van der Waals surface area contributed by atoms with Crippen molar-refractivity contribution in [2.45, 2.75) is 20.8 Å². The molecule has 1 heterocycles. The Hall–Kier alpha value is -1.00. The van der Waals surface area contributed by atoms with Crippen LogP contribution in [0.15, 0.2) is 21.6 Å². The van der Waals surface area contributed by atoms with Crippen LogP contribution in [0.25, 0.3) is 10.9 Å². The van der Waals surface area contributed by atoms with Crippen LogP contribution < -0.4 is 0 Å². The molecule has 3 nitrogen and oxygen atoms in total. The summed E-state index contributed by atoms with van der Waals surface area (Å²) in [5.41, 5.74) is 1.50. The Morgan fingerprint density at radius 1 is 1.42 bits per heavy atom. The van der Waals surface area contributed by atoms with Crippen molar-refractivity contribution in [3.63, 3.8) is 0 Å². The van der Waals surface area contributed by atoms with E-state index in [0.29, 0.717) is 22.6 Å². The maximum Gasteiger partial charge on any atom is 0.151 e. The Balaban J connectivity index is 2.41. The highest BCUT2D eigenvalue weighted by atomic mass is 79.9. The molecule has 1 aromatic carbocycles. The number of H-pyrrole nitrogens is 1. The quantitative estimate of drug-likeness (QED) is 0.759. The van der Waals surface area contributed by atoms with E-state index in [1.54, 1.807) is 6.21 Å². The highest BCUT2D eigenvalue weighted by Crippen LogP contribution is 2.38. The monoisotopic (exact) mass is 342 g/mol. The maximum atomic E-state index is 10.2. The van der Waals surface area contributed by atoms with E-state index >= 15 is 0 Å². The van der Waals surface area contributed by atoms with Gasteiger partial charge in [0, 0.05) is 17.2 Å². The number of halogens is 2. The molecule has 0 aliphatic heterocycles. The van der Waals surface area contributed by atoms with Crippen LogP contribution in [-0.4, -0.2) is 22.8 Å². The van der Waals surface area contributed by atoms with Gasteiger partial charge in [-0.2, -0.15) is 0 Å². The summed E-state index contributed by atoms with van der Waals surface area (Å²) in [6.07, 6.45) is 1.66. The van der Waals surface area contributed by atoms with Crippen molar-refractivity contribution >= 4 is 44.6 Å². The zero-order chi connectivity index (χ0) is 14.2. The number of aromatic amines is 1. The maximum absolute atomic E-state index is 10.2. The van der Waals surface area contributed by atoms with Crippen molar-refractivity contribution in [3.8, 4) is 5.75 Å². The molecular weight excluding hydrogens is 328 g/mol. The molecule has 0 aliphatic rings. The van der Waals surface area contributed by atoms with Crippen molar-refractivity contribution in [1.82, 2.24) is 4.98 Å². The second kappa shape index (κ2) is 5.17. The van der Waals surface area contributed by atoms with E-state index in [0.717, 1.165) is 9.99 Å². The Labute approximate surface area is 125 Å². The fourth-order valence-electron chi connectivity index (χ4n) is 1.73. The van der Waals surface area contributed by atoms with Gasteiger partial charge in [-0.05, 0) is 33.5 Å². The molecule has 19 heavy (non-hydrogen) atoms. The lowest BCUT2D eigenvalue weighted by molar-refractivity contribution is 0.430. The van der Waals surface area contributed by atoms with Crippen LogP contribution in [0.2, 0.25) is 5.02 Å². The molecule has 102 valence electrons. The van der Waals surface area contributed by atoms with E-state index in [1.807, 2.05) is 12.1 Å². The summed E-state index contributed by atoms with van der Waals surface area (Å²) < 4.78 is 0.758. The smallest absolute Gasteiger partial charge is 0.151 e. The van der Waals surface area contributed by atoms with E-state index in [1.165, 1.54) is 0 Å². The number of hydrogen-bond donors (Lipinski definition) is 2. The van der Waals surface area contributed by atoms with E-state index in [-0.39, 0.29) is 11.2 Å². The lowest BCUT2D eigenvalue weighted by Gasteiger charge is -2.13. The average Bonchev–Trinajstić information content (AvgIpc) is 2.60. The van der Waals surface area contributed by atoms with Crippen molar-refractivity contribution in [1.29, 1.82) is 0 Å². The van der Waals surface area contributed by atoms with Crippen LogP contribution in [0.5, 0.6) is 5.75 Å². The van der Waals surface area contributed by atoms with E-state index < -0.39 is 0 Å². The first kappa shape index (κ1) is 14.4. The largest absolute Gasteiger partial charge is 0.505 e. The number of hydrogen-bond acceptors (Lipinski definition) is 2. The lowest BCUT2D eigenvalue weighted by Crippen LogP contribution is -2.09. The lowest BCUT2D eigenvalue weighted by atomic mass is 9.97. The van der Waals surface area contributed by atoms with Gasteiger partial charge < -0.3 is 10.1 Å². The topological polar surface area (TPSA) is 48.4 Å². The highest BCUT2D eigenvalue weighted by molar-refractivity contribution is 9.10. The fourth-order valence-corrected chi connectivity index (χ4v) is 2.31. The summed E-state index contributed by atoms with van der Waals surface area (Å²) in [4.78, 5) is 7.46. The first-order valence-corrected chi connectivity index (χ1v) is 7.15. The zero-order valence-electron chi connectivity index (χ0n) is 11.1. The number of benzene rings is 1. The molecule has 0 bridgehead atoms. The second-order valence-corrected chi connectivity index (χ2v) is 6.93. The molecule has 0 saturated carbocycles. The molecule has 1 aromatic heterocycles. The number of nitrogens with one attached hydrogen (secondary N) is 1. The number of fused-ring (bicyclic) bond motifs is 1. The van der Waals surface area contributed by atoms with E-state index in [4.69, 9.17) is 11.6 Å². The Morgan fingerprint density at radius 2 is 2.11 bits per heavy atom. The zero-order valence-corrected chi connectivity index (χ0v) is 13.4. The van der Waals surface area contributed by atoms with Crippen LogP contribution in [0, 0.1) is 5.41 Å². The molecule has 2 rings (SSSR count). The van der Waals surface area contributed by atoms with Gasteiger partial charge in [0.2, 0.25) is 0 Å². The van der Waals surface area contributed by atoms with Crippen LogP contribution in [0.3, 0.4) is 0 Å². The SMILES string of the molecule is CC(C)(C)CN=Cc1[nH]c2ccc(Br)c(Cl)c2c1O. The van der Waals surface area contributed by atoms with Gasteiger partial charge in [0.05, 0.1) is 21.6 Å². The number of aliphatic imine (C=N–C) groups is 1. The van der Waals surface area contributed by atoms with Crippen molar-refractivity contribution < 1.29 is 5.11 Å². The summed E-state index contributed by atoms with van der Waals surface area (Å²) in [5, 5.41) is 11.3.